The average Bonchev–Trinajstić information content (AvgIpc) is 3.24. The zero-order valence-corrected chi connectivity index (χ0v) is 19.2. The normalized spacial score (nSPS) is 27.8. The summed E-state index contributed by atoms with van der Waals surface area (Å²) in [6, 6.07) is 10.6. The van der Waals surface area contributed by atoms with Gasteiger partial charge in [-0.1, -0.05) is 30.3 Å². The highest BCUT2D eigenvalue weighted by atomic mass is 35.5. The first-order valence-electron chi connectivity index (χ1n) is 10.6. The van der Waals surface area contributed by atoms with Crippen LogP contribution < -0.4 is 5.32 Å². The molecular weight excluding hydrogens is 425 g/mol. The van der Waals surface area contributed by atoms with E-state index >= 15 is 0 Å². The van der Waals surface area contributed by atoms with E-state index in [0.717, 1.165) is 51.0 Å². The molecule has 1 amide bonds. The summed E-state index contributed by atoms with van der Waals surface area (Å²) in [6.45, 7) is 5.95. The second kappa shape index (κ2) is 10.8. The Kier molecular flexibility index (Phi) is 8.98. The summed E-state index contributed by atoms with van der Waals surface area (Å²) in [5.41, 5.74) is 0.626. The summed E-state index contributed by atoms with van der Waals surface area (Å²) in [6.07, 6.45) is 3.51. The van der Waals surface area contributed by atoms with Crippen molar-refractivity contribution in [2.24, 2.45) is 5.41 Å². The van der Waals surface area contributed by atoms with Gasteiger partial charge in [-0.25, -0.2) is 0 Å². The summed E-state index contributed by atoms with van der Waals surface area (Å²) in [5, 5.41) is 3.29. The number of nitrogens with one attached hydrogen (secondary N) is 1. The highest BCUT2D eigenvalue weighted by Gasteiger charge is 2.60. The van der Waals surface area contributed by atoms with E-state index in [1.165, 1.54) is 0 Å². The van der Waals surface area contributed by atoms with E-state index in [2.05, 4.69) is 22.3 Å². The fourth-order valence-electron chi connectivity index (χ4n) is 5.43. The van der Waals surface area contributed by atoms with Crippen LogP contribution in [0.2, 0.25) is 0 Å². The van der Waals surface area contributed by atoms with Gasteiger partial charge in [0.2, 0.25) is 5.91 Å². The first kappa shape index (κ1) is 24.9. The first-order valence-corrected chi connectivity index (χ1v) is 10.6. The standard InChI is InChI=1S/C22H31N3O3.2ClH/c1-2-28-21(27)22(14-17-6-4-3-5-7-17)15-18-8-9-19(22)25(18)16-20(26)24-12-10-23-11-13-24;;/h3-7,18-19,23H,2,8-16H2,1H3;2*1H/t18-,19+,22+;;/m1../s1. The van der Waals surface area contributed by atoms with E-state index in [0.29, 0.717) is 25.6 Å². The van der Waals surface area contributed by atoms with Gasteiger partial charge in [0.15, 0.2) is 0 Å². The van der Waals surface area contributed by atoms with Crippen LogP contribution in [0.5, 0.6) is 0 Å². The molecule has 0 aliphatic carbocycles. The van der Waals surface area contributed by atoms with E-state index in [-0.39, 0.29) is 42.7 Å². The molecule has 3 atom stereocenters. The van der Waals surface area contributed by atoms with Crippen LogP contribution in [0.3, 0.4) is 0 Å². The molecular formula is C22H33Cl2N3O3. The third-order valence-electron chi connectivity index (χ3n) is 6.71. The number of fused-ring (bicyclic) bond motifs is 2. The van der Waals surface area contributed by atoms with E-state index in [1.807, 2.05) is 30.0 Å². The number of rotatable bonds is 6. The lowest BCUT2D eigenvalue weighted by atomic mass is 9.70. The molecule has 4 rings (SSSR count). The molecule has 3 heterocycles. The van der Waals surface area contributed by atoms with E-state index < -0.39 is 5.41 Å². The third-order valence-corrected chi connectivity index (χ3v) is 6.71. The van der Waals surface area contributed by atoms with Crippen LogP contribution in [0.1, 0.15) is 31.7 Å². The largest absolute Gasteiger partial charge is 0.466 e. The number of halogens is 2. The lowest BCUT2D eigenvalue weighted by molar-refractivity contribution is -0.158. The Hall–Kier alpha value is -1.34. The number of carbonyl (C=O) groups excluding carboxylic acids is 2. The van der Waals surface area contributed by atoms with E-state index in [4.69, 9.17) is 4.74 Å². The van der Waals surface area contributed by atoms with Crippen molar-refractivity contribution in [3.63, 3.8) is 0 Å². The smallest absolute Gasteiger partial charge is 0.314 e. The van der Waals surface area contributed by atoms with Gasteiger partial charge < -0.3 is 15.0 Å². The molecule has 0 unspecified atom stereocenters. The van der Waals surface area contributed by atoms with Crippen molar-refractivity contribution < 1.29 is 14.3 Å². The zero-order chi connectivity index (χ0) is 19.6. The Bertz CT molecular complexity index is 715. The number of amides is 1. The molecule has 3 aliphatic rings. The number of ether oxygens (including phenoxy) is 1. The highest BCUT2D eigenvalue weighted by Crippen LogP contribution is 2.52. The van der Waals surface area contributed by atoms with Gasteiger partial charge in [0.1, 0.15) is 0 Å². The zero-order valence-electron chi connectivity index (χ0n) is 17.5. The minimum atomic E-state index is -0.538. The number of piperazine rings is 1. The number of hydrogen-bond acceptors (Lipinski definition) is 5. The second-order valence-electron chi connectivity index (χ2n) is 8.29. The molecule has 3 fully saturated rings. The Morgan fingerprint density at radius 2 is 1.83 bits per heavy atom. The monoisotopic (exact) mass is 457 g/mol. The van der Waals surface area contributed by atoms with Crippen molar-refractivity contribution in [1.82, 2.24) is 15.1 Å². The number of benzene rings is 1. The Morgan fingerprint density at radius 3 is 2.50 bits per heavy atom. The first-order chi connectivity index (χ1) is 13.6. The van der Waals surface area contributed by atoms with Crippen molar-refractivity contribution in [2.75, 3.05) is 39.3 Å². The summed E-state index contributed by atoms with van der Waals surface area (Å²) in [4.78, 5) is 30.3. The molecule has 2 bridgehead atoms. The SMILES string of the molecule is CCOC(=O)[C@@]1(Cc2ccccc2)C[C@H]2CC[C@@H]1N2CC(=O)N1CCNCC1.Cl.Cl. The van der Waals surface area contributed by atoms with Crippen LogP contribution >= 0.6 is 24.8 Å². The Labute approximate surface area is 191 Å². The minimum Gasteiger partial charge on any atom is -0.466 e. The molecule has 8 heteroatoms. The number of esters is 1. The summed E-state index contributed by atoms with van der Waals surface area (Å²) >= 11 is 0. The molecule has 0 spiro atoms. The van der Waals surface area contributed by atoms with Gasteiger partial charge >= 0.3 is 5.97 Å². The lowest BCUT2D eigenvalue weighted by Gasteiger charge is -2.36. The van der Waals surface area contributed by atoms with E-state index in [1.54, 1.807) is 0 Å². The molecule has 1 aromatic carbocycles. The van der Waals surface area contributed by atoms with Crippen LogP contribution in [-0.4, -0.2) is 73.1 Å². The summed E-state index contributed by atoms with van der Waals surface area (Å²) in [5.74, 6) is 0.100. The highest BCUT2D eigenvalue weighted by molar-refractivity contribution is 5.85. The quantitative estimate of drug-likeness (QED) is 0.663. The summed E-state index contributed by atoms with van der Waals surface area (Å²) < 4.78 is 5.55. The topological polar surface area (TPSA) is 61.9 Å². The van der Waals surface area contributed by atoms with Gasteiger partial charge in [-0.3, -0.25) is 14.5 Å². The third kappa shape index (κ3) is 4.77. The number of carbonyl (C=O) groups is 2. The maximum Gasteiger partial charge on any atom is 0.314 e. The predicted molar refractivity (Wildman–Crippen MR) is 121 cm³/mol. The fourth-order valence-corrected chi connectivity index (χ4v) is 5.43. The molecule has 1 aromatic rings. The second-order valence-corrected chi connectivity index (χ2v) is 8.29. The molecule has 6 nitrogen and oxygen atoms in total. The summed E-state index contributed by atoms with van der Waals surface area (Å²) in [7, 11) is 0. The molecule has 0 aromatic heterocycles. The Balaban J connectivity index is 0.00000160. The number of hydrogen-bond donors (Lipinski definition) is 1. The van der Waals surface area contributed by atoms with Crippen LogP contribution in [-0.2, 0) is 20.7 Å². The van der Waals surface area contributed by atoms with Crippen molar-refractivity contribution >= 4 is 36.7 Å². The molecule has 3 saturated heterocycles. The van der Waals surface area contributed by atoms with Gasteiger partial charge in [0.25, 0.3) is 0 Å². The van der Waals surface area contributed by atoms with Crippen LogP contribution in [0.15, 0.2) is 30.3 Å². The average molecular weight is 458 g/mol. The maximum atomic E-state index is 13.1. The van der Waals surface area contributed by atoms with Gasteiger partial charge in [-0.15, -0.1) is 24.8 Å². The molecule has 1 N–H and O–H groups in total. The molecule has 0 saturated carbocycles. The molecule has 3 aliphatic heterocycles. The molecule has 168 valence electrons. The minimum absolute atomic E-state index is 0. The van der Waals surface area contributed by atoms with Gasteiger partial charge in [0.05, 0.1) is 18.6 Å². The van der Waals surface area contributed by atoms with E-state index in [9.17, 15) is 9.59 Å². The van der Waals surface area contributed by atoms with Crippen molar-refractivity contribution in [3.8, 4) is 0 Å². The van der Waals surface area contributed by atoms with Crippen LogP contribution in [0.25, 0.3) is 0 Å². The van der Waals surface area contributed by atoms with Gasteiger partial charge in [-0.2, -0.15) is 0 Å². The van der Waals surface area contributed by atoms with Crippen LogP contribution in [0.4, 0.5) is 0 Å². The van der Waals surface area contributed by atoms with Crippen LogP contribution in [0, 0.1) is 5.41 Å². The number of nitrogens with zero attached hydrogens (tertiary/aromatic N) is 2. The van der Waals surface area contributed by atoms with Gasteiger partial charge in [0, 0.05) is 38.3 Å². The predicted octanol–water partition coefficient (Wildman–Crippen LogP) is 2.29. The van der Waals surface area contributed by atoms with Crippen molar-refractivity contribution in [1.29, 1.82) is 0 Å². The lowest BCUT2D eigenvalue weighted by Crippen LogP contribution is -2.51. The van der Waals surface area contributed by atoms with Crippen molar-refractivity contribution in [2.45, 2.75) is 44.7 Å². The van der Waals surface area contributed by atoms with Gasteiger partial charge in [-0.05, 0) is 38.2 Å². The fraction of sp³-hybridized carbons (Fsp3) is 0.636. The molecule has 0 radical (unpaired) electrons. The Morgan fingerprint density at radius 1 is 1.13 bits per heavy atom. The molecule has 30 heavy (non-hydrogen) atoms. The maximum absolute atomic E-state index is 13.1. The van der Waals surface area contributed by atoms with Crippen molar-refractivity contribution in [3.05, 3.63) is 35.9 Å².